The molecule has 0 spiro atoms. The quantitative estimate of drug-likeness (QED) is 0.911. The van der Waals surface area contributed by atoms with Gasteiger partial charge >= 0.3 is 5.97 Å². The lowest BCUT2D eigenvalue weighted by molar-refractivity contribution is -0.140. The van der Waals surface area contributed by atoms with Crippen molar-refractivity contribution in [3.63, 3.8) is 0 Å². The second-order valence-corrected chi connectivity index (χ2v) is 7.05. The van der Waals surface area contributed by atoms with E-state index in [1.54, 1.807) is 19.1 Å². The zero-order chi connectivity index (χ0) is 15.8. The summed E-state index contributed by atoms with van der Waals surface area (Å²) in [6, 6.07) is 2.40. The number of hydrogen-bond acceptors (Lipinski definition) is 4. The maximum Gasteiger partial charge on any atom is 0.322 e. The molecule has 21 heavy (non-hydrogen) atoms. The van der Waals surface area contributed by atoms with Crippen molar-refractivity contribution in [1.82, 2.24) is 4.31 Å². The molecule has 2 rings (SSSR count). The monoisotopic (exact) mass is 313 g/mol. The largest absolute Gasteiger partial charge is 0.495 e. The summed E-state index contributed by atoms with van der Waals surface area (Å²) in [6.07, 6.45) is 0.880. The summed E-state index contributed by atoms with van der Waals surface area (Å²) in [5.74, 6) is -0.858. The number of nitrogens with zero attached hydrogens (tertiary/aromatic N) is 1. The molecule has 0 saturated carbocycles. The van der Waals surface area contributed by atoms with Gasteiger partial charge in [0.05, 0.1) is 7.11 Å². The lowest BCUT2D eigenvalue weighted by Gasteiger charge is -2.23. The lowest BCUT2D eigenvalue weighted by Crippen LogP contribution is -2.40. The predicted octanol–water partition coefficient (Wildman–Crippen LogP) is 1.55. The number of methoxy groups -OCH3 is 1. The van der Waals surface area contributed by atoms with Crippen molar-refractivity contribution in [1.29, 1.82) is 0 Å². The van der Waals surface area contributed by atoms with Crippen molar-refractivity contribution in [2.24, 2.45) is 0 Å². The molecular weight excluding hydrogens is 294 g/mol. The van der Waals surface area contributed by atoms with E-state index in [0.717, 1.165) is 9.87 Å². The van der Waals surface area contributed by atoms with Crippen LogP contribution in [0.3, 0.4) is 0 Å². The van der Waals surface area contributed by atoms with E-state index in [-0.39, 0.29) is 17.2 Å². The van der Waals surface area contributed by atoms with Crippen molar-refractivity contribution in [3.8, 4) is 5.75 Å². The third kappa shape index (κ3) is 2.75. The molecule has 1 aliphatic rings. The molecule has 0 aromatic heterocycles. The average molecular weight is 313 g/mol. The number of aryl methyl sites for hydroxylation is 2. The van der Waals surface area contributed by atoms with Crippen LogP contribution in [0.15, 0.2) is 17.0 Å². The van der Waals surface area contributed by atoms with E-state index in [0.29, 0.717) is 18.4 Å². The Labute approximate surface area is 124 Å². The molecule has 1 aromatic carbocycles. The van der Waals surface area contributed by atoms with Crippen LogP contribution in [0.5, 0.6) is 5.75 Å². The zero-order valence-electron chi connectivity index (χ0n) is 12.3. The molecule has 1 heterocycles. The minimum atomic E-state index is -3.90. The Kier molecular flexibility index (Phi) is 4.25. The van der Waals surface area contributed by atoms with Crippen molar-refractivity contribution < 1.29 is 23.1 Å². The van der Waals surface area contributed by atoms with Gasteiger partial charge in [0.25, 0.3) is 0 Å². The van der Waals surface area contributed by atoms with Gasteiger partial charge in [0.15, 0.2) is 0 Å². The number of carboxylic acid groups (broad SMARTS) is 1. The van der Waals surface area contributed by atoms with Crippen molar-refractivity contribution in [3.05, 3.63) is 23.3 Å². The first-order chi connectivity index (χ1) is 9.78. The van der Waals surface area contributed by atoms with Crippen molar-refractivity contribution in [2.45, 2.75) is 37.6 Å². The molecular formula is C14H19NO5S. The summed E-state index contributed by atoms with van der Waals surface area (Å²) >= 11 is 0. The van der Waals surface area contributed by atoms with Gasteiger partial charge in [0.1, 0.15) is 16.7 Å². The number of aliphatic carboxylic acids is 1. The third-order valence-electron chi connectivity index (χ3n) is 3.66. The SMILES string of the molecule is COc1cc(C)cc(C)c1S(=O)(=O)N1CCCC1C(=O)O. The van der Waals surface area contributed by atoms with E-state index in [1.165, 1.54) is 7.11 Å². The Bertz CT molecular complexity index is 668. The van der Waals surface area contributed by atoms with Gasteiger partial charge in [0.2, 0.25) is 10.0 Å². The Morgan fingerprint density at radius 2 is 2.05 bits per heavy atom. The smallest absolute Gasteiger partial charge is 0.322 e. The minimum absolute atomic E-state index is 0.0590. The van der Waals surface area contributed by atoms with E-state index >= 15 is 0 Å². The van der Waals surface area contributed by atoms with E-state index < -0.39 is 22.0 Å². The first-order valence-electron chi connectivity index (χ1n) is 6.69. The molecule has 1 fully saturated rings. The summed E-state index contributed by atoms with van der Waals surface area (Å²) in [4.78, 5) is 11.3. The summed E-state index contributed by atoms with van der Waals surface area (Å²) in [5, 5.41) is 9.20. The lowest BCUT2D eigenvalue weighted by atomic mass is 10.1. The highest BCUT2D eigenvalue weighted by atomic mass is 32.2. The summed E-state index contributed by atoms with van der Waals surface area (Å²) in [5.41, 5.74) is 1.45. The van der Waals surface area contributed by atoms with Gasteiger partial charge in [-0.05, 0) is 43.9 Å². The highest BCUT2D eigenvalue weighted by Gasteiger charge is 2.41. The second-order valence-electron chi connectivity index (χ2n) is 5.23. The van der Waals surface area contributed by atoms with Crippen LogP contribution in [0.25, 0.3) is 0 Å². The van der Waals surface area contributed by atoms with Gasteiger partial charge < -0.3 is 9.84 Å². The zero-order valence-corrected chi connectivity index (χ0v) is 13.1. The Morgan fingerprint density at radius 3 is 2.62 bits per heavy atom. The number of carboxylic acids is 1. The number of rotatable bonds is 4. The Balaban J connectivity index is 2.57. The molecule has 1 aliphatic heterocycles. The second kappa shape index (κ2) is 5.65. The van der Waals surface area contributed by atoms with Gasteiger partial charge in [0, 0.05) is 6.54 Å². The topological polar surface area (TPSA) is 83.9 Å². The van der Waals surface area contributed by atoms with E-state index in [2.05, 4.69) is 0 Å². The average Bonchev–Trinajstić information content (AvgIpc) is 2.87. The molecule has 7 heteroatoms. The Hall–Kier alpha value is -1.60. The summed E-state index contributed by atoms with van der Waals surface area (Å²) < 4.78 is 31.9. The van der Waals surface area contributed by atoms with E-state index in [1.807, 2.05) is 6.92 Å². The summed E-state index contributed by atoms with van der Waals surface area (Å²) in [6.45, 7) is 3.76. The molecule has 1 aromatic rings. The van der Waals surface area contributed by atoms with E-state index in [9.17, 15) is 18.3 Å². The number of benzene rings is 1. The van der Waals surface area contributed by atoms with Crippen LogP contribution in [-0.4, -0.2) is 43.5 Å². The van der Waals surface area contributed by atoms with Gasteiger partial charge in [-0.2, -0.15) is 4.31 Å². The van der Waals surface area contributed by atoms with Gasteiger partial charge in [-0.25, -0.2) is 8.42 Å². The number of sulfonamides is 1. The minimum Gasteiger partial charge on any atom is -0.495 e. The van der Waals surface area contributed by atoms with Crippen LogP contribution < -0.4 is 4.74 Å². The fraction of sp³-hybridized carbons (Fsp3) is 0.500. The van der Waals surface area contributed by atoms with E-state index in [4.69, 9.17) is 4.74 Å². The van der Waals surface area contributed by atoms with Crippen LogP contribution >= 0.6 is 0 Å². The molecule has 1 unspecified atom stereocenters. The number of hydrogen-bond donors (Lipinski definition) is 1. The first-order valence-corrected chi connectivity index (χ1v) is 8.13. The fourth-order valence-electron chi connectivity index (χ4n) is 2.79. The standard InChI is InChI=1S/C14H19NO5S/c1-9-7-10(2)13(12(8-9)20-3)21(18,19)15-6-4-5-11(15)14(16)17/h7-8,11H,4-6H2,1-3H3,(H,16,17). The highest BCUT2D eigenvalue weighted by molar-refractivity contribution is 7.89. The fourth-order valence-corrected chi connectivity index (χ4v) is 4.79. The molecule has 116 valence electrons. The van der Waals surface area contributed by atoms with Gasteiger partial charge in [-0.1, -0.05) is 6.07 Å². The number of carbonyl (C=O) groups is 1. The van der Waals surface area contributed by atoms with Crippen LogP contribution in [0, 0.1) is 13.8 Å². The van der Waals surface area contributed by atoms with Crippen LogP contribution in [0.4, 0.5) is 0 Å². The molecule has 0 radical (unpaired) electrons. The normalized spacial score (nSPS) is 19.7. The summed E-state index contributed by atoms with van der Waals surface area (Å²) in [7, 11) is -2.49. The van der Waals surface area contributed by atoms with Gasteiger partial charge in [-0.3, -0.25) is 4.79 Å². The third-order valence-corrected chi connectivity index (χ3v) is 5.75. The molecule has 1 atom stereocenters. The molecule has 0 bridgehead atoms. The van der Waals surface area contributed by atoms with Gasteiger partial charge in [-0.15, -0.1) is 0 Å². The molecule has 6 nitrogen and oxygen atoms in total. The van der Waals surface area contributed by atoms with Crippen LogP contribution in [-0.2, 0) is 14.8 Å². The highest BCUT2D eigenvalue weighted by Crippen LogP contribution is 2.34. The molecule has 1 N–H and O–H groups in total. The Morgan fingerprint density at radius 1 is 1.38 bits per heavy atom. The predicted molar refractivity (Wildman–Crippen MR) is 77.0 cm³/mol. The van der Waals surface area contributed by atoms with Crippen molar-refractivity contribution in [2.75, 3.05) is 13.7 Å². The molecule has 0 aliphatic carbocycles. The van der Waals surface area contributed by atoms with Crippen molar-refractivity contribution >= 4 is 16.0 Å². The van der Waals surface area contributed by atoms with Crippen LogP contribution in [0.2, 0.25) is 0 Å². The number of ether oxygens (including phenoxy) is 1. The molecule has 0 amide bonds. The van der Waals surface area contributed by atoms with Crippen LogP contribution in [0.1, 0.15) is 24.0 Å². The first kappa shape index (κ1) is 15.8. The maximum absolute atomic E-state index is 12.8. The molecule has 1 saturated heterocycles. The maximum atomic E-state index is 12.8.